The van der Waals surface area contributed by atoms with E-state index in [-0.39, 0.29) is 0 Å². The van der Waals surface area contributed by atoms with Gasteiger partial charge in [-0.2, -0.15) is 0 Å². The van der Waals surface area contributed by atoms with Gasteiger partial charge >= 0.3 is 0 Å². The fourth-order valence-corrected chi connectivity index (χ4v) is 2.94. The number of hydrogen-bond donors (Lipinski definition) is 2. The number of piperidine rings is 2. The molecule has 2 unspecified atom stereocenters. The first kappa shape index (κ1) is 10.4. The van der Waals surface area contributed by atoms with Gasteiger partial charge in [-0.15, -0.1) is 0 Å². The molecule has 0 bridgehead atoms. The summed E-state index contributed by atoms with van der Waals surface area (Å²) in [5.74, 6) is 0.815. The van der Waals surface area contributed by atoms with Crippen LogP contribution in [0.2, 0.25) is 0 Å². The first-order chi connectivity index (χ1) is 6.88. The normalized spacial score (nSPS) is 36.6. The molecule has 0 radical (unpaired) electrons. The van der Waals surface area contributed by atoms with Crippen LogP contribution in [0.5, 0.6) is 0 Å². The summed E-state index contributed by atoms with van der Waals surface area (Å²) in [5, 5.41) is 7.35. The highest BCUT2D eigenvalue weighted by Gasteiger charge is 2.27. The molecule has 0 spiro atoms. The molecule has 2 nitrogen and oxygen atoms in total. The first-order valence-corrected chi connectivity index (χ1v) is 6.34. The predicted molar refractivity (Wildman–Crippen MR) is 60.4 cm³/mol. The maximum Gasteiger partial charge on any atom is 0.0107 e. The molecule has 0 aromatic heterocycles. The van der Waals surface area contributed by atoms with Crippen LogP contribution in [0.4, 0.5) is 0 Å². The van der Waals surface area contributed by atoms with Gasteiger partial charge in [0.05, 0.1) is 0 Å². The molecular formula is C12H24N2. The Morgan fingerprint density at radius 3 is 1.71 bits per heavy atom. The van der Waals surface area contributed by atoms with Crippen LogP contribution in [0, 0.1) is 5.92 Å². The Balaban J connectivity index is 1.82. The zero-order valence-corrected chi connectivity index (χ0v) is 9.39. The van der Waals surface area contributed by atoms with Crippen molar-refractivity contribution in [2.24, 2.45) is 5.92 Å². The van der Waals surface area contributed by atoms with E-state index in [0.717, 1.165) is 18.0 Å². The van der Waals surface area contributed by atoms with E-state index in [1.165, 1.54) is 51.6 Å². The van der Waals surface area contributed by atoms with Crippen LogP contribution in [0.25, 0.3) is 0 Å². The van der Waals surface area contributed by atoms with Crippen molar-refractivity contribution in [3.05, 3.63) is 0 Å². The molecule has 2 aliphatic heterocycles. The van der Waals surface area contributed by atoms with Gasteiger partial charge in [-0.05, 0) is 44.7 Å². The van der Waals surface area contributed by atoms with Crippen molar-refractivity contribution >= 4 is 0 Å². The molecular weight excluding hydrogens is 172 g/mol. The standard InChI is InChI=1S/C12H24N2/c1-10(11-6-2-4-8-13-11)12-7-3-5-9-14-12/h10-14H,2-9H2,1H3. The summed E-state index contributed by atoms with van der Waals surface area (Å²) < 4.78 is 0. The fourth-order valence-electron chi connectivity index (χ4n) is 2.94. The Morgan fingerprint density at radius 1 is 0.857 bits per heavy atom. The topological polar surface area (TPSA) is 24.1 Å². The van der Waals surface area contributed by atoms with Gasteiger partial charge in [0.15, 0.2) is 0 Å². The van der Waals surface area contributed by atoms with E-state index in [4.69, 9.17) is 0 Å². The van der Waals surface area contributed by atoms with Crippen LogP contribution < -0.4 is 10.6 Å². The third kappa shape index (κ3) is 2.48. The van der Waals surface area contributed by atoms with Gasteiger partial charge in [-0.25, -0.2) is 0 Å². The molecule has 2 rings (SSSR count). The van der Waals surface area contributed by atoms with Crippen LogP contribution in [0.3, 0.4) is 0 Å². The summed E-state index contributed by atoms with van der Waals surface area (Å²) in [5.41, 5.74) is 0. The highest BCUT2D eigenvalue weighted by Crippen LogP contribution is 2.22. The summed E-state index contributed by atoms with van der Waals surface area (Å²) in [6, 6.07) is 1.55. The van der Waals surface area contributed by atoms with Crippen molar-refractivity contribution in [1.82, 2.24) is 10.6 Å². The van der Waals surface area contributed by atoms with Gasteiger partial charge in [0, 0.05) is 12.1 Å². The average Bonchev–Trinajstić information content (AvgIpc) is 2.30. The molecule has 2 saturated heterocycles. The SMILES string of the molecule is CC(C1CCCCN1)C1CCCCN1. The Hall–Kier alpha value is -0.0800. The van der Waals surface area contributed by atoms with E-state index in [9.17, 15) is 0 Å². The molecule has 2 heteroatoms. The minimum atomic E-state index is 0.777. The van der Waals surface area contributed by atoms with Gasteiger partial charge in [-0.1, -0.05) is 19.8 Å². The average molecular weight is 196 g/mol. The van der Waals surface area contributed by atoms with E-state index in [1.54, 1.807) is 0 Å². The molecule has 2 aliphatic rings. The number of nitrogens with one attached hydrogen (secondary N) is 2. The van der Waals surface area contributed by atoms with Gasteiger partial charge < -0.3 is 10.6 Å². The molecule has 14 heavy (non-hydrogen) atoms. The van der Waals surface area contributed by atoms with Crippen molar-refractivity contribution in [3.8, 4) is 0 Å². The van der Waals surface area contributed by atoms with Crippen LogP contribution in [-0.2, 0) is 0 Å². The lowest BCUT2D eigenvalue weighted by Crippen LogP contribution is -2.49. The molecule has 2 fully saturated rings. The van der Waals surface area contributed by atoms with Gasteiger partial charge in [-0.3, -0.25) is 0 Å². The third-order valence-corrected chi connectivity index (χ3v) is 3.97. The van der Waals surface area contributed by atoms with Gasteiger partial charge in [0.2, 0.25) is 0 Å². The molecule has 0 amide bonds. The zero-order chi connectivity index (χ0) is 9.80. The molecule has 0 aromatic carbocycles. The van der Waals surface area contributed by atoms with Crippen molar-refractivity contribution in [1.29, 1.82) is 0 Å². The lowest BCUT2D eigenvalue weighted by atomic mass is 9.84. The lowest BCUT2D eigenvalue weighted by molar-refractivity contribution is 0.224. The molecule has 0 aliphatic carbocycles. The van der Waals surface area contributed by atoms with Crippen LogP contribution in [-0.4, -0.2) is 25.2 Å². The van der Waals surface area contributed by atoms with Crippen LogP contribution in [0.1, 0.15) is 45.4 Å². The van der Waals surface area contributed by atoms with E-state index in [0.29, 0.717) is 0 Å². The zero-order valence-electron chi connectivity index (χ0n) is 9.39. The Labute approximate surface area is 87.8 Å². The van der Waals surface area contributed by atoms with Gasteiger partial charge in [0.25, 0.3) is 0 Å². The molecule has 2 N–H and O–H groups in total. The van der Waals surface area contributed by atoms with E-state index < -0.39 is 0 Å². The predicted octanol–water partition coefficient (Wildman–Crippen LogP) is 1.91. The molecule has 82 valence electrons. The van der Waals surface area contributed by atoms with Crippen molar-refractivity contribution in [2.75, 3.05) is 13.1 Å². The van der Waals surface area contributed by atoms with E-state index >= 15 is 0 Å². The maximum atomic E-state index is 3.68. The summed E-state index contributed by atoms with van der Waals surface area (Å²) in [6.07, 6.45) is 8.38. The van der Waals surface area contributed by atoms with E-state index in [1.807, 2.05) is 0 Å². The largest absolute Gasteiger partial charge is 0.314 e. The van der Waals surface area contributed by atoms with E-state index in [2.05, 4.69) is 17.6 Å². The second kappa shape index (κ2) is 5.13. The van der Waals surface area contributed by atoms with Crippen molar-refractivity contribution in [2.45, 2.75) is 57.5 Å². The number of hydrogen-bond acceptors (Lipinski definition) is 2. The first-order valence-electron chi connectivity index (χ1n) is 6.34. The highest BCUT2D eigenvalue weighted by atomic mass is 15.0. The second-order valence-corrected chi connectivity index (χ2v) is 4.97. The minimum absolute atomic E-state index is 0.777. The van der Waals surface area contributed by atoms with Crippen LogP contribution >= 0.6 is 0 Å². The quantitative estimate of drug-likeness (QED) is 0.705. The lowest BCUT2D eigenvalue weighted by Gasteiger charge is -2.36. The Kier molecular flexibility index (Phi) is 3.82. The minimum Gasteiger partial charge on any atom is -0.314 e. The third-order valence-electron chi connectivity index (χ3n) is 3.97. The monoisotopic (exact) mass is 196 g/mol. The van der Waals surface area contributed by atoms with Crippen molar-refractivity contribution in [3.63, 3.8) is 0 Å². The Bertz CT molecular complexity index is 140. The molecule has 2 heterocycles. The number of rotatable bonds is 2. The maximum absolute atomic E-state index is 3.68. The molecule has 0 aromatic rings. The molecule has 2 atom stereocenters. The summed E-state index contributed by atoms with van der Waals surface area (Å²) in [4.78, 5) is 0. The smallest absolute Gasteiger partial charge is 0.0107 e. The summed E-state index contributed by atoms with van der Waals surface area (Å²) in [6.45, 7) is 4.90. The second-order valence-electron chi connectivity index (χ2n) is 4.97. The highest BCUT2D eigenvalue weighted by molar-refractivity contribution is 4.86. The van der Waals surface area contributed by atoms with Crippen LogP contribution in [0.15, 0.2) is 0 Å². The van der Waals surface area contributed by atoms with Gasteiger partial charge in [0.1, 0.15) is 0 Å². The molecule has 0 saturated carbocycles. The summed E-state index contributed by atoms with van der Waals surface area (Å²) >= 11 is 0. The fraction of sp³-hybridized carbons (Fsp3) is 1.00. The Morgan fingerprint density at radius 2 is 1.36 bits per heavy atom. The van der Waals surface area contributed by atoms with Crippen molar-refractivity contribution < 1.29 is 0 Å². The summed E-state index contributed by atoms with van der Waals surface area (Å²) in [7, 11) is 0.